The summed E-state index contributed by atoms with van der Waals surface area (Å²) in [5, 5.41) is 5.82. The summed E-state index contributed by atoms with van der Waals surface area (Å²) in [6.07, 6.45) is 1.04. The lowest BCUT2D eigenvalue weighted by Crippen LogP contribution is -2.36. The summed E-state index contributed by atoms with van der Waals surface area (Å²) in [6.45, 7) is 0.875. The fourth-order valence-corrected chi connectivity index (χ4v) is 3.74. The van der Waals surface area contributed by atoms with Crippen LogP contribution in [0.15, 0.2) is 18.3 Å². The lowest BCUT2D eigenvalue weighted by Gasteiger charge is -2.20. The van der Waals surface area contributed by atoms with Crippen LogP contribution in [0.3, 0.4) is 0 Å². The molecule has 0 spiro atoms. The molecule has 7 heteroatoms. The first-order chi connectivity index (χ1) is 10.9. The van der Waals surface area contributed by atoms with Crippen LogP contribution in [-0.2, 0) is 11.0 Å². The van der Waals surface area contributed by atoms with Crippen LogP contribution >= 0.6 is 0 Å². The molecule has 2 bridgehead atoms. The van der Waals surface area contributed by atoms with Gasteiger partial charge in [-0.25, -0.2) is 4.98 Å². The topological polar surface area (TPSA) is 54.0 Å². The number of nitrogens with zero attached hydrogens (tertiary/aromatic N) is 1. The van der Waals surface area contributed by atoms with Crippen LogP contribution in [0.5, 0.6) is 0 Å². The monoisotopic (exact) mass is 327 g/mol. The van der Waals surface area contributed by atoms with Crippen molar-refractivity contribution >= 4 is 11.7 Å². The van der Waals surface area contributed by atoms with Crippen molar-refractivity contribution in [2.75, 3.05) is 18.4 Å². The van der Waals surface area contributed by atoms with E-state index >= 15 is 0 Å². The average Bonchev–Trinajstić information content (AvgIpc) is 3.14. The summed E-state index contributed by atoms with van der Waals surface area (Å²) in [4.78, 5) is 15.8. The molecule has 0 aliphatic heterocycles. The van der Waals surface area contributed by atoms with Crippen molar-refractivity contribution in [2.45, 2.75) is 31.9 Å². The molecule has 3 atom stereocenters. The zero-order valence-electron chi connectivity index (χ0n) is 12.7. The van der Waals surface area contributed by atoms with Gasteiger partial charge in [-0.2, -0.15) is 13.2 Å². The minimum Gasteiger partial charge on any atom is -0.368 e. The number of carbonyl (C=O) groups is 1. The fourth-order valence-electron chi connectivity index (χ4n) is 3.74. The highest BCUT2D eigenvalue weighted by molar-refractivity contribution is 5.79. The van der Waals surface area contributed by atoms with Crippen LogP contribution in [0, 0.1) is 17.8 Å². The largest absolute Gasteiger partial charge is 0.417 e. The summed E-state index contributed by atoms with van der Waals surface area (Å²) in [6, 6.07) is 2.28. The molecule has 126 valence electrons. The standard InChI is InChI=1S/C16H20F3N3O/c17-16(18,19)12-3-4-14(22-9-12)20-5-6-21-15(23)13-8-10-1-2-11(13)7-10/h3-4,9-11,13H,1-2,5-8H2,(H,20,22)(H,21,23). The summed E-state index contributed by atoms with van der Waals surface area (Å²) in [5.41, 5.74) is -0.771. The van der Waals surface area contributed by atoms with Gasteiger partial charge in [0.2, 0.25) is 5.91 Å². The van der Waals surface area contributed by atoms with Crippen LogP contribution in [0.25, 0.3) is 0 Å². The molecule has 0 aromatic carbocycles. The minimum atomic E-state index is -4.37. The van der Waals surface area contributed by atoms with Gasteiger partial charge in [-0.15, -0.1) is 0 Å². The maximum atomic E-state index is 12.4. The van der Waals surface area contributed by atoms with Gasteiger partial charge >= 0.3 is 6.18 Å². The third kappa shape index (κ3) is 3.76. The molecule has 1 heterocycles. The molecule has 2 aliphatic carbocycles. The number of aromatic nitrogens is 1. The van der Waals surface area contributed by atoms with E-state index in [1.807, 2.05) is 0 Å². The SMILES string of the molecule is O=C(NCCNc1ccc(C(F)(F)F)cn1)C1CC2CCC1C2. The smallest absolute Gasteiger partial charge is 0.368 e. The quantitative estimate of drug-likeness (QED) is 0.817. The molecule has 2 aliphatic rings. The van der Waals surface area contributed by atoms with Gasteiger partial charge in [0.25, 0.3) is 0 Å². The highest BCUT2D eigenvalue weighted by Gasteiger charge is 2.42. The molecule has 1 aromatic heterocycles. The number of hydrogen-bond acceptors (Lipinski definition) is 3. The van der Waals surface area contributed by atoms with Gasteiger partial charge in [0, 0.05) is 25.2 Å². The molecule has 0 radical (unpaired) electrons. The Morgan fingerprint density at radius 3 is 2.61 bits per heavy atom. The number of pyridine rings is 1. The van der Waals surface area contributed by atoms with Crippen molar-refractivity contribution in [1.82, 2.24) is 10.3 Å². The lowest BCUT2D eigenvalue weighted by atomic mass is 9.88. The Bertz CT molecular complexity index is 559. The maximum Gasteiger partial charge on any atom is 0.417 e. The number of nitrogens with one attached hydrogen (secondary N) is 2. The number of hydrogen-bond donors (Lipinski definition) is 2. The zero-order valence-corrected chi connectivity index (χ0v) is 12.7. The normalized spacial score (nSPS) is 26.3. The van der Waals surface area contributed by atoms with Crippen molar-refractivity contribution in [3.63, 3.8) is 0 Å². The van der Waals surface area contributed by atoms with Gasteiger partial charge in [-0.1, -0.05) is 6.42 Å². The minimum absolute atomic E-state index is 0.111. The molecule has 1 aromatic rings. The second-order valence-corrected chi connectivity index (χ2v) is 6.43. The van der Waals surface area contributed by atoms with Gasteiger partial charge in [-0.3, -0.25) is 4.79 Å². The molecule has 3 unspecified atom stereocenters. The number of alkyl halides is 3. The molecule has 2 N–H and O–H groups in total. The Kier molecular flexibility index (Phi) is 4.46. The predicted octanol–water partition coefficient (Wildman–Crippen LogP) is 3.06. The van der Waals surface area contributed by atoms with Crippen molar-refractivity contribution < 1.29 is 18.0 Å². The van der Waals surface area contributed by atoms with Crippen LogP contribution < -0.4 is 10.6 Å². The highest BCUT2D eigenvalue weighted by Crippen LogP contribution is 2.48. The number of anilines is 1. The molecular weight excluding hydrogens is 307 g/mol. The molecule has 23 heavy (non-hydrogen) atoms. The third-order valence-corrected chi connectivity index (χ3v) is 4.90. The molecule has 0 saturated heterocycles. The molecule has 4 nitrogen and oxygen atoms in total. The molecule has 2 saturated carbocycles. The zero-order chi connectivity index (χ0) is 16.4. The Hall–Kier alpha value is -1.79. The summed E-state index contributed by atoms with van der Waals surface area (Å²) in [5.74, 6) is 1.90. The van der Waals surface area contributed by atoms with Gasteiger partial charge in [0.1, 0.15) is 5.82 Å². The van der Waals surface area contributed by atoms with Crippen LogP contribution in [0.4, 0.5) is 19.0 Å². The second-order valence-electron chi connectivity index (χ2n) is 6.43. The van der Waals surface area contributed by atoms with Crippen molar-refractivity contribution in [3.8, 4) is 0 Å². The van der Waals surface area contributed by atoms with Gasteiger partial charge in [0.05, 0.1) is 5.56 Å². The van der Waals surface area contributed by atoms with Crippen LogP contribution in [-0.4, -0.2) is 24.0 Å². The van der Waals surface area contributed by atoms with E-state index in [2.05, 4.69) is 15.6 Å². The average molecular weight is 327 g/mol. The van der Waals surface area contributed by atoms with E-state index < -0.39 is 11.7 Å². The third-order valence-electron chi connectivity index (χ3n) is 4.90. The summed E-state index contributed by atoms with van der Waals surface area (Å²) in [7, 11) is 0. The van der Waals surface area contributed by atoms with E-state index in [1.165, 1.54) is 18.9 Å². The Balaban J connectivity index is 1.39. The van der Waals surface area contributed by atoms with Crippen molar-refractivity contribution in [2.24, 2.45) is 17.8 Å². The van der Waals surface area contributed by atoms with Gasteiger partial charge in [-0.05, 0) is 43.2 Å². The second kappa shape index (κ2) is 6.37. The van der Waals surface area contributed by atoms with Crippen molar-refractivity contribution in [3.05, 3.63) is 23.9 Å². The van der Waals surface area contributed by atoms with Gasteiger partial charge < -0.3 is 10.6 Å². The maximum absolute atomic E-state index is 12.4. The number of carbonyl (C=O) groups excluding carboxylic acids is 1. The molecule has 1 amide bonds. The van der Waals surface area contributed by atoms with Crippen LogP contribution in [0.2, 0.25) is 0 Å². The summed E-state index contributed by atoms with van der Waals surface area (Å²) < 4.78 is 37.3. The van der Waals surface area contributed by atoms with Crippen molar-refractivity contribution in [1.29, 1.82) is 0 Å². The Morgan fingerprint density at radius 2 is 2.04 bits per heavy atom. The summed E-state index contributed by atoms with van der Waals surface area (Å²) >= 11 is 0. The first-order valence-corrected chi connectivity index (χ1v) is 7.98. The number of rotatable bonds is 5. The van der Waals surface area contributed by atoms with E-state index in [4.69, 9.17) is 0 Å². The van der Waals surface area contributed by atoms with E-state index in [-0.39, 0.29) is 11.8 Å². The molecule has 3 rings (SSSR count). The first-order valence-electron chi connectivity index (χ1n) is 7.98. The van der Waals surface area contributed by atoms with E-state index in [0.29, 0.717) is 24.8 Å². The van der Waals surface area contributed by atoms with E-state index in [0.717, 1.165) is 31.0 Å². The predicted molar refractivity (Wildman–Crippen MR) is 79.7 cm³/mol. The Morgan fingerprint density at radius 1 is 1.22 bits per heavy atom. The molecular formula is C16H20F3N3O. The lowest BCUT2D eigenvalue weighted by molar-refractivity contribution is -0.137. The number of fused-ring (bicyclic) bond motifs is 2. The van der Waals surface area contributed by atoms with Gasteiger partial charge in [0.15, 0.2) is 0 Å². The van der Waals surface area contributed by atoms with E-state index in [1.54, 1.807) is 0 Å². The first kappa shape index (κ1) is 16.1. The van der Waals surface area contributed by atoms with E-state index in [9.17, 15) is 18.0 Å². The number of halogens is 3. The van der Waals surface area contributed by atoms with Crippen LogP contribution in [0.1, 0.15) is 31.2 Å². The fraction of sp³-hybridized carbons (Fsp3) is 0.625. The Labute approximate surface area is 132 Å². The molecule has 2 fully saturated rings. The number of amides is 1. The highest BCUT2D eigenvalue weighted by atomic mass is 19.4.